The lowest BCUT2D eigenvalue weighted by Crippen LogP contribution is -2.44. The normalized spacial score (nSPS) is 26.8. The van der Waals surface area contributed by atoms with E-state index in [9.17, 15) is 4.79 Å². The Morgan fingerprint density at radius 3 is 2.74 bits per heavy atom. The van der Waals surface area contributed by atoms with E-state index in [-0.39, 0.29) is 11.4 Å². The topological polar surface area (TPSA) is 47.6 Å². The van der Waals surface area contributed by atoms with Crippen molar-refractivity contribution in [2.24, 2.45) is 11.3 Å². The number of fused-ring (bicyclic) bond motifs is 1. The Morgan fingerprint density at radius 1 is 1.26 bits per heavy atom. The Balaban J connectivity index is 1.68. The first-order valence-electron chi connectivity index (χ1n) is 9.45. The van der Waals surface area contributed by atoms with Crippen molar-refractivity contribution < 1.29 is 4.79 Å². The van der Waals surface area contributed by atoms with E-state index in [0.29, 0.717) is 5.92 Å². The molecule has 2 aliphatic rings. The van der Waals surface area contributed by atoms with Crippen LogP contribution in [0.2, 0.25) is 0 Å². The van der Waals surface area contributed by atoms with Gasteiger partial charge in [0, 0.05) is 44.7 Å². The summed E-state index contributed by atoms with van der Waals surface area (Å²) in [6.07, 6.45) is 7.60. The SMILES string of the molecule is CCCCCCCCNC(=O)N1CC2CNCC2(CN(C)C)C1. The molecule has 0 spiro atoms. The molecule has 2 heterocycles. The van der Waals surface area contributed by atoms with Crippen molar-refractivity contribution in [1.29, 1.82) is 0 Å². The zero-order valence-electron chi connectivity index (χ0n) is 15.4. The smallest absolute Gasteiger partial charge is 0.317 e. The van der Waals surface area contributed by atoms with E-state index in [4.69, 9.17) is 0 Å². The van der Waals surface area contributed by atoms with E-state index < -0.39 is 0 Å². The van der Waals surface area contributed by atoms with Gasteiger partial charge in [0.15, 0.2) is 0 Å². The third-order valence-electron chi connectivity index (χ3n) is 5.41. The molecule has 0 aliphatic carbocycles. The minimum Gasteiger partial charge on any atom is -0.338 e. The van der Waals surface area contributed by atoms with Crippen LogP contribution in [0.5, 0.6) is 0 Å². The summed E-state index contributed by atoms with van der Waals surface area (Å²) in [5, 5.41) is 6.65. The van der Waals surface area contributed by atoms with Crippen molar-refractivity contribution in [2.45, 2.75) is 45.4 Å². The Labute approximate surface area is 142 Å². The number of rotatable bonds is 9. The highest BCUT2D eigenvalue weighted by Crippen LogP contribution is 2.39. The summed E-state index contributed by atoms with van der Waals surface area (Å²) < 4.78 is 0. The van der Waals surface area contributed by atoms with E-state index >= 15 is 0 Å². The summed E-state index contributed by atoms with van der Waals surface area (Å²) >= 11 is 0. The first-order valence-corrected chi connectivity index (χ1v) is 9.45. The zero-order valence-corrected chi connectivity index (χ0v) is 15.4. The molecule has 2 fully saturated rings. The van der Waals surface area contributed by atoms with Gasteiger partial charge in [-0.3, -0.25) is 0 Å². The molecule has 5 heteroatoms. The number of carbonyl (C=O) groups excluding carboxylic acids is 1. The molecule has 134 valence electrons. The lowest BCUT2D eigenvalue weighted by atomic mass is 9.80. The highest BCUT2D eigenvalue weighted by Gasteiger charge is 2.50. The highest BCUT2D eigenvalue weighted by atomic mass is 16.2. The number of carbonyl (C=O) groups is 1. The summed E-state index contributed by atoms with van der Waals surface area (Å²) in [6, 6.07) is 0.145. The van der Waals surface area contributed by atoms with Crippen molar-refractivity contribution in [3.05, 3.63) is 0 Å². The van der Waals surface area contributed by atoms with Crippen molar-refractivity contribution in [3.8, 4) is 0 Å². The second-order valence-electron chi connectivity index (χ2n) is 7.81. The second-order valence-corrected chi connectivity index (χ2v) is 7.81. The molecule has 2 aliphatic heterocycles. The molecular weight excluding hydrogens is 288 g/mol. The lowest BCUT2D eigenvalue weighted by molar-refractivity contribution is 0.180. The summed E-state index contributed by atoms with van der Waals surface area (Å²) in [6.45, 7) is 8.02. The molecule has 2 N–H and O–H groups in total. The fourth-order valence-electron chi connectivity index (χ4n) is 4.24. The van der Waals surface area contributed by atoms with Gasteiger partial charge in [-0.05, 0) is 26.4 Å². The van der Waals surface area contributed by atoms with E-state index in [2.05, 4.69) is 36.6 Å². The number of likely N-dealkylation sites (tertiary alicyclic amines) is 1. The molecule has 0 aromatic rings. The standard InChI is InChI=1S/C18H36N4O/c1-4-5-6-7-8-9-10-20-17(23)22-12-16-11-19-13-18(16,15-22)14-21(2)3/h16,19H,4-15H2,1-3H3,(H,20,23). The number of amides is 2. The average Bonchev–Trinajstić information content (AvgIpc) is 3.01. The Kier molecular flexibility index (Phi) is 7.15. The maximum Gasteiger partial charge on any atom is 0.317 e. The van der Waals surface area contributed by atoms with Gasteiger partial charge < -0.3 is 20.4 Å². The van der Waals surface area contributed by atoms with Crippen LogP contribution in [0.25, 0.3) is 0 Å². The highest BCUT2D eigenvalue weighted by molar-refractivity contribution is 5.74. The third kappa shape index (κ3) is 5.08. The van der Waals surface area contributed by atoms with Crippen LogP contribution in [0, 0.1) is 11.3 Å². The molecule has 23 heavy (non-hydrogen) atoms. The monoisotopic (exact) mass is 324 g/mol. The van der Waals surface area contributed by atoms with Crippen LogP contribution in [-0.2, 0) is 0 Å². The first kappa shape index (κ1) is 18.5. The maximum atomic E-state index is 12.4. The number of nitrogens with zero attached hydrogens (tertiary/aromatic N) is 2. The van der Waals surface area contributed by atoms with E-state index in [1.54, 1.807) is 0 Å². The van der Waals surface area contributed by atoms with Crippen LogP contribution >= 0.6 is 0 Å². The molecule has 2 unspecified atom stereocenters. The Bertz CT molecular complexity index is 374. The fraction of sp³-hybridized carbons (Fsp3) is 0.944. The number of unbranched alkanes of at least 4 members (excludes halogenated alkanes) is 5. The molecule has 2 rings (SSSR count). The molecule has 2 amide bonds. The van der Waals surface area contributed by atoms with Crippen molar-refractivity contribution in [2.75, 3.05) is 53.4 Å². The molecule has 0 radical (unpaired) electrons. The minimum absolute atomic E-state index is 0.145. The molecule has 0 bridgehead atoms. The summed E-state index contributed by atoms with van der Waals surface area (Å²) in [4.78, 5) is 16.7. The van der Waals surface area contributed by atoms with Gasteiger partial charge in [-0.1, -0.05) is 39.0 Å². The van der Waals surface area contributed by atoms with Gasteiger partial charge in [0.05, 0.1) is 0 Å². The van der Waals surface area contributed by atoms with Gasteiger partial charge in [0.2, 0.25) is 0 Å². The molecule has 0 aromatic heterocycles. The summed E-state index contributed by atoms with van der Waals surface area (Å²) in [7, 11) is 4.26. The van der Waals surface area contributed by atoms with Crippen LogP contribution < -0.4 is 10.6 Å². The van der Waals surface area contributed by atoms with Crippen molar-refractivity contribution in [3.63, 3.8) is 0 Å². The largest absolute Gasteiger partial charge is 0.338 e. The zero-order chi connectivity index (χ0) is 16.7. The van der Waals surface area contributed by atoms with Crippen LogP contribution in [0.15, 0.2) is 0 Å². The number of nitrogens with one attached hydrogen (secondary N) is 2. The minimum atomic E-state index is 0.145. The van der Waals surface area contributed by atoms with Gasteiger partial charge in [-0.25, -0.2) is 4.79 Å². The van der Waals surface area contributed by atoms with Crippen LogP contribution in [-0.4, -0.2) is 69.2 Å². The van der Waals surface area contributed by atoms with Gasteiger partial charge in [0.1, 0.15) is 0 Å². The summed E-state index contributed by atoms with van der Waals surface area (Å²) in [5.41, 5.74) is 0.251. The summed E-state index contributed by atoms with van der Waals surface area (Å²) in [5.74, 6) is 0.602. The van der Waals surface area contributed by atoms with Crippen LogP contribution in [0.1, 0.15) is 45.4 Å². The number of urea groups is 1. The van der Waals surface area contributed by atoms with Crippen LogP contribution in [0.4, 0.5) is 4.79 Å². The van der Waals surface area contributed by atoms with Gasteiger partial charge in [-0.15, -0.1) is 0 Å². The Morgan fingerprint density at radius 2 is 2.00 bits per heavy atom. The molecule has 2 saturated heterocycles. The predicted octanol–water partition coefficient (Wildman–Crippen LogP) is 2.14. The van der Waals surface area contributed by atoms with Crippen molar-refractivity contribution in [1.82, 2.24) is 20.4 Å². The van der Waals surface area contributed by atoms with Gasteiger partial charge in [-0.2, -0.15) is 0 Å². The quantitative estimate of drug-likeness (QED) is 0.639. The maximum absolute atomic E-state index is 12.4. The van der Waals surface area contributed by atoms with E-state index in [0.717, 1.165) is 45.7 Å². The van der Waals surface area contributed by atoms with E-state index in [1.165, 1.54) is 32.1 Å². The third-order valence-corrected chi connectivity index (χ3v) is 5.41. The first-order chi connectivity index (χ1) is 11.1. The number of hydrogen-bond acceptors (Lipinski definition) is 3. The van der Waals surface area contributed by atoms with Gasteiger partial charge >= 0.3 is 6.03 Å². The molecule has 2 atom stereocenters. The predicted molar refractivity (Wildman–Crippen MR) is 95.7 cm³/mol. The molecular formula is C18H36N4O. The lowest BCUT2D eigenvalue weighted by Gasteiger charge is -2.31. The molecule has 5 nitrogen and oxygen atoms in total. The molecule has 0 saturated carbocycles. The average molecular weight is 325 g/mol. The van der Waals surface area contributed by atoms with Crippen molar-refractivity contribution >= 4 is 6.03 Å². The Hall–Kier alpha value is -0.810. The van der Waals surface area contributed by atoms with Crippen LogP contribution in [0.3, 0.4) is 0 Å². The number of hydrogen-bond donors (Lipinski definition) is 2. The van der Waals surface area contributed by atoms with Gasteiger partial charge in [0.25, 0.3) is 0 Å². The fourth-order valence-corrected chi connectivity index (χ4v) is 4.24. The molecule has 0 aromatic carbocycles. The van der Waals surface area contributed by atoms with E-state index in [1.807, 2.05) is 4.90 Å². The second kappa shape index (κ2) is 8.88.